The van der Waals surface area contributed by atoms with Crippen LogP contribution in [0.25, 0.3) is 11.3 Å². The third-order valence-corrected chi connectivity index (χ3v) is 5.69. The molecule has 34 heavy (non-hydrogen) atoms. The van der Waals surface area contributed by atoms with E-state index in [2.05, 4.69) is 20.8 Å². The molecule has 0 unspecified atom stereocenters. The van der Waals surface area contributed by atoms with Crippen LogP contribution in [0.1, 0.15) is 15.9 Å². The van der Waals surface area contributed by atoms with Gasteiger partial charge in [-0.1, -0.05) is 41.7 Å². The molecule has 0 aliphatic carbocycles. The molecule has 0 fully saturated rings. The van der Waals surface area contributed by atoms with E-state index < -0.39 is 5.82 Å². The first-order valence-electron chi connectivity index (χ1n) is 10.2. The first-order valence-corrected chi connectivity index (χ1v) is 11.0. The summed E-state index contributed by atoms with van der Waals surface area (Å²) in [5.74, 6) is 0.521. The zero-order chi connectivity index (χ0) is 23.9. The summed E-state index contributed by atoms with van der Waals surface area (Å²) in [6.07, 6.45) is 1.61. The number of halogens is 1. The van der Waals surface area contributed by atoms with E-state index in [1.165, 1.54) is 35.6 Å². The van der Waals surface area contributed by atoms with E-state index in [-0.39, 0.29) is 5.91 Å². The van der Waals surface area contributed by atoms with Crippen LogP contribution in [0.2, 0.25) is 0 Å². The van der Waals surface area contributed by atoms with Gasteiger partial charge in [0.1, 0.15) is 28.0 Å². The van der Waals surface area contributed by atoms with Gasteiger partial charge in [0.15, 0.2) is 0 Å². The molecule has 2 N–H and O–H groups in total. The molecule has 1 heterocycles. The number of carbonyl (C=O) groups excluding carboxylic acids is 1. The molecule has 4 aromatic rings. The van der Waals surface area contributed by atoms with Gasteiger partial charge in [0.25, 0.3) is 5.91 Å². The predicted molar refractivity (Wildman–Crippen MR) is 133 cm³/mol. The number of hydrogen-bond acceptors (Lipinski definition) is 7. The molecular formula is C25H21FN4O3S. The Morgan fingerprint density at radius 2 is 1.79 bits per heavy atom. The van der Waals surface area contributed by atoms with Crippen molar-refractivity contribution >= 4 is 33.6 Å². The van der Waals surface area contributed by atoms with Crippen LogP contribution >= 0.6 is 11.3 Å². The van der Waals surface area contributed by atoms with Crippen molar-refractivity contribution in [2.75, 3.05) is 25.0 Å². The Morgan fingerprint density at radius 3 is 2.50 bits per heavy atom. The number of thiazole rings is 1. The smallest absolute Gasteiger partial charge is 0.256 e. The number of benzene rings is 3. The standard InChI is InChI=1S/C25H21FN4O3S/c1-32-20-13-10-18(21(14-20)33-2)15-27-30-25-28-22(16-6-4-3-5-7-16)24(34-25)29-23(31)17-8-11-19(26)12-9-17/h3-15H,1-2H3,(H,28,30)(H,29,31)/b27-15-. The van der Waals surface area contributed by atoms with Crippen LogP contribution in [0.15, 0.2) is 77.9 Å². The Morgan fingerprint density at radius 1 is 1.03 bits per heavy atom. The molecule has 172 valence electrons. The number of anilines is 2. The maximum Gasteiger partial charge on any atom is 0.256 e. The number of aromatic nitrogens is 1. The average Bonchev–Trinajstić information content (AvgIpc) is 3.27. The minimum absolute atomic E-state index is 0.341. The van der Waals surface area contributed by atoms with E-state index in [1.54, 1.807) is 26.5 Å². The van der Waals surface area contributed by atoms with E-state index in [0.717, 1.165) is 11.1 Å². The number of carbonyl (C=O) groups is 1. The summed E-state index contributed by atoms with van der Waals surface area (Å²) in [6, 6.07) is 20.2. The van der Waals surface area contributed by atoms with Crippen molar-refractivity contribution in [1.29, 1.82) is 0 Å². The number of ether oxygens (including phenoxy) is 2. The Kier molecular flexibility index (Phi) is 7.14. The van der Waals surface area contributed by atoms with Crippen LogP contribution in [0.5, 0.6) is 11.5 Å². The molecular weight excluding hydrogens is 455 g/mol. The van der Waals surface area contributed by atoms with E-state index in [4.69, 9.17) is 9.47 Å². The summed E-state index contributed by atoms with van der Waals surface area (Å²) in [7, 11) is 3.16. The zero-order valence-electron chi connectivity index (χ0n) is 18.4. The first-order chi connectivity index (χ1) is 16.6. The molecule has 0 saturated heterocycles. The SMILES string of the molecule is COc1ccc(/C=N\Nc2nc(-c3ccccc3)c(NC(=O)c3ccc(F)cc3)s2)c(OC)c1. The number of nitrogens with zero attached hydrogens (tertiary/aromatic N) is 2. The Bertz CT molecular complexity index is 1310. The van der Waals surface area contributed by atoms with Crippen molar-refractivity contribution in [2.45, 2.75) is 0 Å². The third-order valence-electron chi connectivity index (χ3n) is 4.81. The number of rotatable bonds is 8. The summed E-state index contributed by atoms with van der Waals surface area (Å²) in [5, 5.41) is 8.17. The highest BCUT2D eigenvalue weighted by Crippen LogP contribution is 2.36. The van der Waals surface area contributed by atoms with Crippen LogP contribution in [0.4, 0.5) is 14.5 Å². The fraction of sp³-hybridized carbons (Fsp3) is 0.0800. The highest BCUT2D eigenvalue weighted by atomic mass is 32.1. The molecule has 0 saturated carbocycles. The largest absolute Gasteiger partial charge is 0.497 e. The monoisotopic (exact) mass is 476 g/mol. The van der Waals surface area contributed by atoms with Crippen molar-refractivity contribution < 1.29 is 18.7 Å². The average molecular weight is 477 g/mol. The number of amides is 1. The molecule has 0 aliphatic rings. The summed E-state index contributed by atoms with van der Waals surface area (Å²) in [5.41, 5.74) is 5.44. The van der Waals surface area contributed by atoms with Crippen LogP contribution in [-0.2, 0) is 0 Å². The van der Waals surface area contributed by atoms with Crippen molar-refractivity contribution in [3.8, 4) is 22.8 Å². The Hall–Kier alpha value is -4.24. The maximum absolute atomic E-state index is 13.2. The third kappa shape index (κ3) is 5.38. The molecule has 0 spiro atoms. The molecule has 7 nitrogen and oxygen atoms in total. The van der Waals surface area contributed by atoms with Gasteiger partial charge in [-0.25, -0.2) is 9.37 Å². The van der Waals surface area contributed by atoms with E-state index >= 15 is 0 Å². The highest BCUT2D eigenvalue weighted by molar-refractivity contribution is 7.20. The van der Waals surface area contributed by atoms with Gasteiger partial charge in [0.2, 0.25) is 5.13 Å². The normalized spacial score (nSPS) is 10.8. The molecule has 0 radical (unpaired) electrons. The Balaban J connectivity index is 1.58. The lowest BCUT2D eigenvalue weighted by Gasteiger charge is -2.06. The predicted octanol–water partition coefficient (Wildman–Crippen LogP) is 5.66. The van der Waals surface area contributed by atoms with Gasteiger partial charge in [0, 0.05) is 22.8 Å². The van der Waals surface area contributed by atoms with Crippen LogP contribution < -0.4 is 20.2 Å². The van der Waals surface area contributed by atoms with Crippen molar-refractivity contribution in [3.05, 3.63) is 89.7 Å². The fourth-order valence-electron chi connectivity index (χ4n) is 3.10. The van der Waals surface area contributed by atoms with Crippen molar-refractivity contribution in [1.82, 2.24) is 4.98 Å². The summed E-state index contributed by atoms with van der Waals surface area (Å²) in [6.45, 7) is 0. The molecule has 0 bridgehead atoms. The first kappa shape index (κ1) is 22.9. The topological polar surface area (TPSA) is 84.8 Å². The minimum Gasteiger partial charge on any atom is -0.497 e. The highest BCUT2D eigenvalue weighted by Gasteiger charge is 2.16. The minimum atomic E-state index is -0.405. The molecule has 3 aromatic carbocycles. The molecule has 4 rings (SSSR count). The van der Waals surface area contributed by atoms with Gasteiger partial charge in [-0.05, 0) is 36.4 Å². The Labute approximate surface area is 199 Å². The second-order valence-corrected chi connectivity index (χ2v) is 8.00. The molecule has 0 atom stereocenters. The molecule has 1 amide bonds. The lowest BCUT2D eigenvalue weighted by atomic mass is 10.1. The molecule has 9 heteroatoms. The van der Waals surface area contributed by atoms with Gasteiger partial charge in [-0.3, -0.25) is 10.2 Å². The summed E-state index contributed by atoms with van der Waals surface area (Å²) >= 11 is 1.24. The summed E-state index contributed by atoms with van der Waals surface area (Å²) < 4.78 is 23.8. The van der Waals surface area contributed by atoms with E-state index in [9.17, 15) is 9.18 Å². The van der Waals surface area contributed by atoms with Gasteiger partial charge in [-0.15, -0.1) is 0 Å². The number of methoxy groups -OCH3 is 2. The van der Waals surface area contributed by atoms with Crippen LogP contribution in [0, 0.1) is 5.82 Å². The van der Waals surface area contributed by atoms with Crippen molar-refractivity contribution in [3.63, 3.8) is 0 Å². The second-order valence-electron chi connectivity index (χ2n) is 7.00. The molecule has 1 aromatic heterocycles. The van der Waals surface area contributed by atoms with Gasteiger partial charge in [-0.2, -0.15) is 5.10 Å². The van der Waals surface area contributed by atoms with E-state index in [0.29, 0.717) is 32.9 Å². The van der Waals surface area contributed by atoms with E-state index in [1.807, 2.05) is 42.5 Å². The van der Waals surface area contributed by atoms with Crippen LogP contribution in [-0.4, -0.2) is 31.3 Å². The number of nitrogens with one attached hydrogen (secondary N) is 2. The lowest BCUT2D eigenvalue weighted by molar-refractivity contribution is 0.102. The van der Waals surface area contributed by atoms with Gasteiger partial charge >= 0.3 is 0 Å². The molecule has 0 aliphatic heterocycles. The zero-order valence-corrected chi connectivity index (χ0v) is 19.2. The van der Waals surface area contributed by atoms with Gasteiger partial charge in [0.05, 0.1) is 20.4 Å². The van der Waals surface area contributed by atoms with Crippen molar-refractivity contribution in [2.24, 2.45) is 5.10 Å². The lowest BCUT2D eigenvalue weighted by Crippen LogP contribution is -2.11. The maximum atomic E-state index is 13.2. The summed E-state index contributed by atoms with van der Waals surface area (Å²) in [4.78, 5) is 17.3. The van der Waals surface area contributed by atoms with Crippen LogP contribution in [0.3, 0.4) is 0 Å². The number of hydrogen-bond donors (Lipinski definition) is 2. The number of hydrazone groups is 1. The quantitative estimate of drug-likeness (QED) is 0.253. The fourth-order valence-corrected chi connectivity index (χ4v) is 3.94. The van der Waals surface area contributed by atoms with Gasteiger partial charge < -0.3 is 14.8 Å². The second kappa shape index (κ2) is 10.6.